The van der Waals surface area contributed by atoms with Crippen molar-refractivity contribution < 1.29 is 9.53 Å². The van der Waals surface area contributed by atoms with Crippen LogP contribution in [-0.2, 0) is 6.61 Å². The Balaban J connectivity index is 1.57. The number of aromatic amines is 1. The highest BCUT2D eigenvalue weighted by atomic mass is 16.5. The molecule has 4 aromatic rings. The lowest BCUT2D eigenvalue weighted by atomic mass is 10.0. The molecule has 1 N–H and O–H groups in total. The van der Waals surface area contributed by atoms with Crippen LogP contribution in [0.1, 0.15) is 21.5 Å². The van der Waals surface area contributed by atoms with Crippen molar-refractivity contribution in [2.75, 3.05) is 0 Å². The number of carbonyl (C=O) groups is 1. The number of fused-ring (bicyclic) bond motifs is 1. The Bertz CT molecular complexity index is 1230. The molecule has 0 radical (unpaired) electrons. The monoisotopic (exact) mass is 378 g/mol. The topological polar surface area (TPSA) is 65.9 Å². The number of benzene rings is 3. The molecule has 140 valence electrons. The quantitative estimate of drug-likeness (QED) is 0.272. The van der Waals surface area contributed by atoms with Gasteiger partial charge in [-0.25, -0.2) is 0 Å². The number of ether oxygens (including phenoxy) is 1. The first-order chi connectivity index (χ1) is 14.2. The van der Waals surface area contributed by atoms with Crippen molar-refractivity contribution >= 4 is 22.8 Å². The zero-order chi connectivity index (χ0) is 20.1. The lowest BCUT2D eigenvalue weighted by Gasteiger charge is -2.07. The van der Waals surface area contributed by atoms with Gasteiger partial charge in [0, 0.05) is 22.7 Å². The van der Waals surface area contributed by atoms with Crippen molar-refractivity contribution in [2.45, 2.75) is 6.61 Å². The van der Waals surface area contributed by atoms with E-state index in [4.69, 9.17) is 4.74 Å². The molecule has 0 atom stereocenters. The first-order valence-corrected chi connectivity index (χ1v) is 9.24. The van der Waals surface area contributed by atoms with E-state index in [1.165, 1.54) is 0 Å². The minimum absolute atomic E-state index is 0.0787. The van der Waals surface area contributed by atoms with E-state index in [0.29, 0.717) is 17.9 Å². The van der Waals surface area contributed by atoms with E-state index >= 15 is 0 Å². The standard InChI is InChI=1S/C25H18N2O2/c26-15-20(25(28)23-16-27-24-12-5-4-11-22(23)24)13-19-9-6-10-21(14-19)29-17-18-7-2-1-3-8-18/h1-14,16,27H,17H2/b20-13+. The third-order valence-electron chi connectivity index (χ3n) is 4.62. The zero-order valence-corrected chi connectivity index (χ0v) is 15.6. The van der Waals surface area contributed by atoms with Crippen LogP contribution < -0.4 is 4.74 Å². The molecule has 0 aliphatic heterocycles. The Morgan fingerprint density at radius 3 is 2.62 bits per heavy atom. The Hall–Kier alpha value is -4.10. The Morgan fingerprint density at radius 2 is 1.79 bits per heavy atom. The predicted octanol–water partition coefficient (Wildman–Crippen LogP) is 5.54. The summed E-state index contributed by atoms with van der Waals surface area (Å²) in [6.07, 6.45) is 3.25. The molecule has 0 saturated carbocycles. The molecule has 0 amide bonds. The highest BCUT2D eigenvalue weighted by Gasteiger charge is 2.16. The van der Waals surface area contributed by atoms with Crippen molar-refractivity contribution in [3.05, 3.63) is 107 Å². The Kier molecular flexibility index (Phi) is 5.22. The smallest absolute Gasteiger partial charge is 0.205 e. The second-order valence-electron chi connectivity index (χ2n) is 6.59. The van der Waals surface area contributed by atoms with Gasteiger partial charge in [-0.05, 0) is 35.4 Å². The highest BCUT2D eigenvalue weighted by molar-refractivity contribution is 6.19. The molecule has 0 spiro atoms. The predicted molar refractivity (Wildman–Crippen MR) is 113 cm³/mol. The molecule has 0 bridgehead atoms. The van der Waals surface area contributed by atoms with Gasteiger partial charge in [-0.1, -0.05) is 60.7 Å². The number of hydrogen-bond donors (Lipinski definition) is 1. The van der Waals surface area contributed by atoms with E-state index in [2.05, 4.69) is 4.98 Å². The van der Waals surface area contributed by atoms with Crippen LogP contribution in [0.3, 0.4) is 0 Å². The van der Waals surface area contributed by atoms with Gasteiger partial charge in [0.25, 0.3) is 0 Å². The lowest BCUT2D eigenvalue weighted by molar-refractivity contribution is 0.104. The number of aromatic nitrogens is 1. The van der Waals surface area contributed by atoms with Crippen molar-refractivity contribution in [1.29, 1.82) is 5.26 Å². The number of rotatable bonds is 6. The first-order valence-electron chi connectivity index (χ1n) is 9.24. The fourth-order valence-corrected chi connectivity index (χ4v) is 3.15. The largest absolute Gasteiger partial charge is 0.489 e. The van der Waals surface area contributed by atoms with Crippen molar-refractivity contribution in [2.24, 2.45) is 0 Å². The van der Waals surface area contributed by atoms with Gasteiger partial charge in [0.05, 0.1) is 0 Å². The molecule has 0 saturated heterocycles. The number of allylic oxidation sites excluding steroid dienone is 1. The number of nitriles is 1. The third-order valence-corrected chi connectivity index (χ3v) is 4.62. The van der Waals surface area contributed by atoms with Crippen LogP contribution in [0.2, 0.25) is 0 Å². The van der Waals surface area contributed by atoms with E-state index in [9.17, 15) is 10.1 Å². The van der Waals surface area contributed by atoms with Crippen molar-refractivity contribution in [3.63, 3.8) is 0 Å². The molecule has 3 aromatic carbocycles. The summed E-state index contributed by atoms with van der Waals surface area (Å²) in [5, 5.41) is 10.4. The highest BCUT2D eigenvalue weighted by Crippen LogP contribution is 2.23. The van der Waals surface area contributed by atoms with Gasteiger partial charge in [-0.2, -0.15) is 5.26 Å². The summed E-state index contributed by atoms with van der Waals surface area (Å²) in [4.78, 5) is 16.0. The molecule has 0 fully saturated rings. The molecule has 0 aliphatic carbocycles. The van der Waals surface area contributed by atoms with E-state index in [1.54, 1.807) is 12.3 Å². The van der Waals surface area contributed by atoms with E-state index in [1.807, 2.05) is 84.9 Å². The van der Waals surface area contributed by atoms with Gasteiger partial charge in [-0.3, -0.25) is 4.79 Å². The first kappa shape index (κ1) is 18.3. The van der Waals surface area contributed by atoms with Crippen LogP contribution in [0.5, 0.6) is 5.75 Å². The second-order valence-corrected chi connectivity index (χ2v) is 6.59. The summed E-state index contributed by atoms with van der Waals surface area (Å²) in [5.41, 5.74) is 3.24. The van der Waals surface area contributed by atoms with Gasteiger partial charge < -0.3 is 9.72 Å². The van der Waals surface area contributed by atoms with Gasteiger partial charge in [0.1, 0.15) is 24.0 Å². The Morgan fingerprint density at radius 1 is 1.00 bits per heavy atom. The van der Waals surface area contributed by atoms with Crippen LogP contribution >= 0.6 is 0 Å². The molecule has 0 aliphatic rings. The molecule has 4 rings (SSSR count). The number of carbonyl (C=O) groups excluding carboxylic acids is 1. The molecule has 0 unspecified atom stereocenters. The Labute approximate surface area is 168 Å². The molecule has 4 nitrogen and oxygen atoms in total. The fraction of sp³-hybridized carbons (Fsp3) is 0.0400. The number of Topliss-reactive ketones (excluding diaryl/α,β-unsaturated/α-hetero) is 1. The second kappa shape index (κ2) is 8.28. The van der Waals surface area contributed by atoms with Gasteiger partial charge in [0.15, 0.2) is 0 Å². The van der Waals surface area contributed by atoms with E-state index in [0.717, 1.165) is 22.0 Å². The van der Waals surface area contributed by atoms with Crippen molar-refractivity contribution in [1.82, 2.24) is 4.98 Å². The average molecular weight is 378 g/mol. The van der Waals surface area contributed by atoms with Gasteiger partial charge in [-0.15, -0.1) is 0 Å². The molecule has 4 heteroatoms. The number of hydrogen-bond acceptors (Lipinski definition) is 3. The SMILES string of the molecule is N#C/C(=C\c1cccc(OCc2ccccc2)c1)C(=O)c1c[nH]c2ccccc12. The summed E-state index contributed by atoms with van der Waals surface area (Å²) < 4.78 is 5.84. The number of nitrogens with zero attached hydrogens (tertiary/aromatic N) is 1. The number of ketones is 1. The molecular weight excluding hydrogens is 360 g/mol. The molecule has 1 aromatic heterocycles. The van der Waals surface area contributed by atoms with Gasteiger partial charge in [0.2, 0.25) is 5.78 Å². The molecule has 29 heavy (non-hydrogen) atoms. The number of nitrogens with one attached hydrogen (secondary N) is 1. The maximum absolute atomic E-state index is 12.9. The molecular formula is C25H18N2O2. The maximum atomic E-state index is 12.9. The van der Waals surface area contributed by atoms with E-state index in [-0.39, 0.29) is 11.4 Å². The van der Waals surface area contributed by atoms with Crippen LogP contribution in [-0.4, -0.2) is 10.8 Å². The summed E-state index contributed by atoms with van der Waals surface area (Å²) in [5.74, 6) is 0.375. The maximum Gasteiger partial charge on any atom is 0.205 e. The normalized spacial score (nSPS) is 11.2. The van der Waals surface area contributed by atoms with Gasteiger partial charge >= 0.3 is 0 Å². The minimum Gasteiger partial charge on any atom is -0.489 e. The zero-order valence-electron chi connectivity index (χ0n) is 15.6. The number of para-hydroxylation sites is 1. The lowest BCUT2D eigenvalue weighted by Crippen LogP contribution is -2.01. The van der Waals surface area contributed by atoms with Crippen LogP contribution in [0.15, 0.2) is 90.6 Å². The summed E-state index contributed by atoms with van der Waals surface area (Å²) in [6, 6.07) is 26.8. The summed E-state index contributed by atoms with van der Waals surface area (Å²) in [6.45, 7) is 0.452. The minimum atomic E-state index is -0.305. The third kappa shape index (κ3) is 4.10. The van der Waals surface area contributed by atoms with Crippen LogP contribution in [0.4, 0.5) is 0 Å². The van der Waals surface area contributed by atoms with E-state index < -0.39 is 0 Å². The van der Waals surface area contributed by atoms with Crippen LogP contribution in [0.25, 0.3) is 17.0 Å². The molecule has 1 heterocycles. The fourth-order valence-electron chi connectivity index (χ4n) is 3.15. The summed E-state index contributed by atoms with van der Waals surface area (Å²) in [7, 11) is 0. The van der Waals surface area contributed by atoms with Crippen molar-refractivity contribution in [3.8, 4) is 11.8 Å². The van der Waals surface area contributed by atoms with Crippen LogP contribution in [0, 0.1) is 11.3 Å². The number of H-pyrrole nitrogens is 1. The summed E-state index contributed by atoms with van der Waals surface area (Å²) >= 11 is 0. The average Bonchev–Trinajstić information content (AvgIpc) is 3.21.